The minimum absolute atomic E-state index is 0.105. The van der Waals surface area contributed by atoms with E-state index in [1.807, 2.05) is 42.2 Å². The molecule has 3 rings (SSSR count). The lowest BCUT2D eigenvalue weighted by molar-refractivity contribution is -0.156. The number of carbonyl (C=O) groups excluding carboxylic acids is 3. The number of benzene rings is 1. The van der Waals surface area contributed by atoms with Crippen LogP contribution in [0.3, 0.4) is 0 Å². The number of likely N-dealkylation sites (tertiary alicyclic amines) is 1. The van der Waals surface area contributed by atoms with Gasteiger partial charge < -0.3 is 19.9 Å². The lowest BCUT2D eigenvalue weighted by Gasteiger charge is -2.31. The fourth-order valence-electron chi connectivity index (χ4n) is 3.58. The number of nitrogens with zero attached hydrogens (tertiary/aromatic N) is 2. The number of amides is 3. The van der Waals surface area contributed by atoms with Gasteiger partial charge in [-0.05, 0) is 50.2 Å². The Morgan fingerprint density at radius 2 is 1.79 bits per heavy atom. The Morgan fingerprint density at radius 1 is 1.10 bits per heavy atom. The van der Waals surface area contributed by atoms with E-state index >= 15 is 0 Å². The molecule has 1 saturated carbocycles. The minimum Gasteiger partial charge on any atom is -0.455 e. The van der Waals surface area contributed by atoms with Crippen molar-refractivity contribution in [2.45, 2.75) is 39.0 Å². The van der Waals surface area contributed by atoms with E-state index in [0.29, 0.717) is 38.4 Å². The van der Waals surface area contributed by atoms with E-state index in [-0.39, 0.29) is 30.4 Å². The van der Waals surface area contributed by atoms with E-state index in [1.54, 1.807) is 4.90 Å². The smallest absolute Gasteiger partial charge is 0.321 e. The van der Waals surface area contributed by atoms with Crippen LogP contribution in [0.25, 0.3) is 0 Å². The Hall–Kier alpha value is -2.57. The van der Waals surface area contributed by atoms with Gasteiger partial charge in [-0.15, -0.1) is 0 Å². The molecular weight excluding hydrogens is 370 g/mol. The summed E-state index contributed by atoms with van der Waals surface area (Å²) in [6.45, 7) is 4.34. The monoisotopic (exact) mass is 401 g/mol. The van der Waals surface area contributed by atoms with E-state index in [4.69, 9.17) is 4.74 Å². The first-order valence-electron chi connectivity index (χ1n) is 10.6. The van der Waals surface area contributed by atoms with Crippen molar-refractivity contribution >= 4 is 23.6 Å². The van der Waals surface area contributed by atoms with E-state index < -0.39 is 0 Å². The Bertz CT molecular complexity index is 697. The van der Waals surface area contributed by atoms with Gasteiger partial charge in [0.15, 0.2) is 6.61 Å². The molecule has 2 fully saturated rings. The van der Waals surface area contributed by atoms with E-state index in [9.17, 15) is 14.4 Å². The second-order valence-electron chi connectivity index (χ2n) is 7.95. The fraction of sp³-hybridized carbons (Fsp3) is 0.591. The molecule has 1 aliphatic carbocycles. The molecule has 29 heavy (non-hydrogen) atoms. The lowest BCUT2D eigenvalue weighted by Crippen LogP contribution is -2.43. The zero-order valence-corrected chi connectivity index (χ0v) is 17.1. The van der Waals surface area contributed by atoms with Crippen LogP contribution >= 0.6 is 0 Å². The number of carbonyl (C=O) groups is 3. The Labute approximate surface area is 172 Å². The van der Waals surface area contributed by atoms with E-state index in [1.165, 1.54) is 12.8 Å². The Morgan fingerprint density at radius 3 is 2.41 bits per heavy atom. The average molecular weight is 402 g/mol. The third-order valence-corrected chi connectivity index (χ3v) is 5.50. The van der Waals surface area contributed by atoms with Crippen LogP contribution in [0.5, 0.6) is 0 Å². The molecule has 1 N–H and O–H groups in total. The molecule has 0 aromatic heterocycles. The second-order valence-corrected chi connectivity index (χ2v) is 7.95. The highest BCUT2D eigenvalue weighted by atomic mass is 16.5. The van der Waals surface area contributed by atoms with Gasteiger partial charge in [-0.1, -0.05) is 25.1 Å². The maximum absolute atomic E-state index is 12.4. The number of anilines is 1. The lowest BCUT2D eigenvalue weighted by atomic mass is 9.97. The van der Waals surface area contributed by atoms with Crippen LogP contribution in [0.4, 0.5) is 10.5 Å². The Kier molecular flexibility index (Phi) is 7.49. The molecule has 1 aromatic rings. The summed E-state index contributed by atoms with van der Waals surface area (Å²) in [5.74, 6) is -0.0738. The van der Waals surface area contributed by atoms with Crippen molar-refractivity contribution in [1.29, 1.82) is 0 Å². The molecule has 1 saturated heterocycles. The minimum atomic E-state index is -0.329. The highest BCUT2D eigenvalue weighted by Gasteiger charge is 2.30. The molecule has 0 radical (unpaired) electrons. The van der Waals surface area contributed by atoms with Crippen molar-refractivity contribution in [1.82, 2.24) is 9.80 Å². The third kappa shape index (κ3) is 6.48. The summed E-state index contributed by atoms with van der Waals surface area (Å²) >= 11 is 0. The van der Waals surface area contributed by atoms with Gasteiger partial charge in [0.25, 0.3) is 5.91 Å². The number of urea groups is 1. The first-order valence-corrected chi connectivity index (χ1v) is 10.6. The molecular formula is C22H31N3O4. The number of para-hydroxylation sites is 1. The predicted molar refractivity (Wildman–Crippen MR) is 110 cm³/mol. The van der Waals surface area contributed by atoms with Crippen molar-refractivity contribution < 1.29 is 19.1 Å². The maximum atomic E-state index is 12.4. The van der Waals surface area contributed by atoms with Gasteiger partial charge in [0.05, 0.1) is 5.92 Å². The van der Waals surface area contributed by atoms with E-state index in [0.717, 1.165) is 18.7 Å². The normalized spacial score (nSPS) is 16.9. The van der Waals surface area contributed by atoms with Crippen LogP contribution in [0.2, 0.25) is 0 Å². The summed E-state index contributed by atoms with van der Waals surface area (Å²) in [5.41, 5.74) is 0.750. The molecule has 7 heteroatoms. The van der Waals surface area contributed by atoms with Crippen molar-refractivity contribution in [3.63, 3.8) is 0 Å². The summed E-state index contributed by atoms with van der Waals surface area (Å²) in [6.07, 6.45) is 4.37. The topological polar surface area (TPSA) is 79.0 Å². The molecule has 1 aliphatic heterocycles. The SMILES string of the molecule is CCCN(CC1CC1)C(=O)COC(=O)C1CCN(C(=O)Nc2ccccc2)CC1. The number of esters is 1. The molecule has 3 amide bonds. The highest BCUT2D eigenvalue weighted by molar-refractivity contribution is 5.89. The van der Waals surface area contributed by atoms with Crippen LogP contribution in [-0.4, -0.2) is 60.5 Å². The summed E-state index contributed by atoms with van der Waals surface area (Å²) in [4.78, 5) is 40.6. The number of nitrogens with one attached hydrogen (secondary N) is 1. The van der Waals surface area contributed by atoms with Crippen molar-refractivity contribution in [3.8, 4) is 0 Å². The molecule has 1 aromatic carbocycles. The predicted octanol–water partition coefficient (Wildman–Crippen LogP) is 3.12. The fourth-order valence-corrected chi connectivity index (χ4v) is 3.58. The van der Waals surface area contributed by atoms with Gasteiger partial charge in [0.1, 0.15) is 0 Å². The molecule has 1 heterocycles. The van der Waals surface area contributed by atoms with Gasteiger partial charge >= 0.3 is 12.0 Å². The summed E-state index contributed by atoms with van der Waals surface area (Å²) in [5, 5.41) is 2.86. The number of hydrogen-bond acceptors (Lipinski definition) is 4. The van der Waals surface area contributed by atoms with Crippen molar-refractivity contribution in [3.05, 3.63) is 30.3 Å². The maximum Gasteiger partial charge on any atom is 0.321 e. The van der Waals surface area contributed by atoms with Crippen LogP contribution < -0.4 is 5.32 Å². The second kappa shape index (κ2) is 10.3. The van der Waals surface area contributed by atoms with Gasteiger partial charge in [0.2, 0.25) is 0 Å². The van der Waals surface area contributed by atoms with Gasteiger partial charge in [-0.3, -0.25) is 9.59 Å². The van der Waals surface area contributed by atoms with Crippen molar-refractivity contribution in [2.75, 3.05) is 38.1 Å². The van der Waals surface area contributed by atoms with Gasteiger partial charge in [-0.25, -0.2) is 4.79 Å². The third-order valence-electron chi connectivity index (χ3n) is 5.50. The highest BCUT2D eigenvalue weighted by Crippen LogP contribution is 2.29. The molecule has 0 bridgehead atoms. The van der Waals surface area contributed by atoms with Crippen molar-refractivity contribution in [2.24, 2.45) is 11.8 Å². The van der Waals surface area contributed by atoms with Gasteiger partial charge in [-0.2, -0.15) is 0 Å². The zero-order valence-electron chi connectivity index (χ0n) is 17.1. The summed E-state index contributed by atoms with van der Waals surface area (Å²) in [7, 11) is 0. The molecule has 158 valence electrons. The van der Waals surface area contributed by atoms with Gasteiger partial charge in [0, 0.05) is 31.9 Å². The molecule has 0 atom stereocenters. The average Bonchev–Trinajstić information content (AvgIpc) is 3.56. The number of hydrogen-bond donors (Lipinski definition) is 1. The molecule has 0 spiro atoms. The first-order chi connectivity index (χ1) is 14.1. The molecule has 2 aliphatic rings. The number of rotatable bonds is 8. The first kappa shape index (κ1) is 21.1. The standard InChI is InChI=1S/C22H31N3O4/c1-2-12-25(15-17-8-9-17)20(26)16-29-21(27)18-10-13-24(14-11-18)22(28)23-19-6-4-3-5-7-19/h3-7,17-18H,2,8-16H2,1H3,(H,23,28). The van der Waals surface area contributed by atoms with E-state index in [2.05, 4.69) is 5.32 Å². The van der Waals surface area contributed by atoms with Crippen LogP contribution in [-0.2, 0) is 14.3 Å². The summed E-state index contributed by atoms with van der Waals surface area (Å²) < 4.78 is 5.31. The zero-order chi connectivity index (χ0) is 20.6. The number of ether oxygens (including phenoxy) is 1. The quantitative estimate of drug-likeness (QED) is 0.679. The largest absolute Gasteiger partial charge is 0.455 e. The number of piperidine rings is 1. The van der Waals surface area contributed by atoms with Crippen LogP contribution in [0.15, 0.2) is 30.3 Å². The van der Waals surface area contributed by atoms with Crippen LogP contribution in [0.1, 0.15) is 39.0 Å². The molecule has 0 unspecified atom stereocenters. The summed E-state index contributed by atoms with van der Waals surface area (Å²) in [6, 6.07) is 9.14. The Balaban J connectivity index is 1.39. The van der Waals surface area contributed by atoms with Crippen LogP contribution in [0, 0.1) is 11.8 Å². The molecule has 7 nitrogen and oxygen atoms in total.